The third-order valence-electron chi connectivity index (χ3n) is 7.14. The minimum atomic E-state index is -1.58. The van der Waals surface area contributed by atoms with E-state index in [1.165, 1.54) is 23.9 Å². The molecular formula is C28H43NO14S2. The fraction of sp³-hybridized carbons (Fsp3) is 0.714. The Labute approximate surface area is 268 Å². The number of thioether (sulfide) groups is 2. The Kier molecular flexibility index (Phi) is 15.7. The van der Waals surface area contributed by atoms with Crippen molar-refractivity contribution in [2.24, 2.45) is 0 Å². The van der Waals surface area contributed by atoms with Crippen LogP contribution in [0, 0.1) is 0 Å². The number of ether oxygens (including phenoxy) is 4. The lowest BCUT2D eigenvalue weighted by molar-refractivity contribution is -0.300. The predicted molar refractivity (Wildman–Crippen MR) is 161 cm³/mol. The molecule has 2 saturated heterocycles. The lowest BCUT2D eigenvalue weighted by Gasteiger charge is -2.39. The Morgan fingerprint density at radius 2 is 1.44 bits per heavy atom. The van der Waals surface area contributed by atoms with Gasteiger partial charge in [0.2, 0.25) is 17.3 Å². The maximum Gasteiger partial charge on any atom is 0.229 e. The van der Waals surface area contributed by atoms with E-state index in [2.05, 4.69) is 5.32 Å². The van der Waals surface area contributed by atoms with Crippen LogP contribution >= 0.6 is 23.5 Å². The van der Waals surface area contributed by atoms with E-state index in [0.29, 0.717) is 29.2 Å². The maximum atomic E-state index is 12.8. The number of carbonyl (C=O) groups is 2. The Hall–Kier alpha value is -1.58. The molecule has 0 aromatic heterocycles. The van der Waals surface area contributed by atoms with Crippen LogP contribution < -0.4 is 10.1 Å². The second-order valence-electron chi connectivity index (χ2n) is 10.5. The molecule has 45 heavy (non-hydrogen) atoms. The molecule has 11 atom stereocenters. The first kappa shape index (κ1) is 37.9. The van der Waals surface area contributed by atoms with Gasteiger partial charge in [0.15, 0.2) is 6.29 Å². The number of hydrogen-bond acceptors (Lipinski definition) is 16. The van der Waals surface area contributed by atoms with E-state index in [0.717, 1.165) is 11.8 Å². The van der Waals surface area contributed by atoms with Gasteiger partial charge in [0.25, 0.3) is 0 Å². The summed E-state index contributed by atoms with van der Waals surface area (Å²) in [4.78, 5) is 25.5. The van der Waals surface area contributed by atoms with Crippen molar-refractivity contribution in [1.29, 1.82) is 0 Å². The fourth-order valence-electron chi connectivity index (χ4n) is 4.59. The quantitative estimate of drug-likeness (QED) is 0.0795. The summed E-state index contributed by atoms with van der Waals surface area (Å²) < 4.78 is 21.7. The van der Waals surface area contributed by atoms with Crippen LogP contribution in [0.5, 0.6) is 5.75 Å². The molecule has 2 heterocycles. The number of benzene rings is 1. The van der Waals surface area contributed by atoms with E-state index in [1.54, 1.807) is 12.1 Å². The van der Waals surface area contributed by atoms with Gasteiger partial charge in [-0.15, -0.1) is 0 Å². The Balaban J connectivity index is 1.44. The number of amides is 1. The summed E-state index contributed by atoms with van der Waals surface area (Å²) in [6.07, 6.45) is -13.4. The molecule has 0 bridgehead atoms. The third kappa shape index (κ3) is 10.7. The lowest BCUT2D eigenvalue weighted by Crippen LogP contribution is -2.60. The van der Waals surface area contributed by atoms with Crippen molar-refractivity contribution in [2.45, 2.75) is 87.2 Å². The molecule has 3 rings (SSSR count). The van der Waals surface area contributed by atoms with Crippen LogP contribution in [0.1, 0.15) is 18.9 Å². The SMILES string of the molecule is CCSC(=O)[C@H](CSCCCO[C@H]1OC(CO)[C@@H](O)C(O)C1O)NC(=O)Cc1ccc(O[C@H]2O[C@H](CO)[C@@H](O)C(O)C2O)cc1. The molecule has 17 heteroatoms. The Morgan fingerprint density at radius 1 is 0.867 bits per heavy atom. The molecule has 2 fully saturated rings. The van der Waals surface area contributed by atoms with Gasteiger partial charge in [-0.05, 0) is 35.6 Å². The highest BCUT2D eigenvalue weighted by Gasteiger charge is 2.45. The number of nitrogens with one attached hydrogen (secondary N) is 1. The van der Waals surface area contributed by atoms with Crippen molar-refractivity contribution in [1.82, 2.24) is 5.32 Å². The smallest absolute Gasteiger partial charge is 0.229 e. The van der Waals surface area contributed by atoms with Gasteiger partial charge >= 0.3 is 0 Å². The summed E-state index contributed by atoms with van der Waals surface area (Å²) in [6.45, 7) is 0.833. The van der Waals surface area contributed by atoms with E-state index in [1.807, 2.05) is 6.92 Å². The van der Waals surface area contributed by atoms with Crippen molar-refractivity contribution >= 4 is 34.5 Å². The van der Waals surface area contributed by atoms with E-state index >= 15 is 0 Å². The first-order valence-electron chi connectivity index (χ1n) is 14.5. The van der Waals surface area contributed by atoms with Crippen molar-refractivity contribution in [3.8, 4) is 5.75 Å². The van der Waals surface area contributed by atoms with Crippen LogP contribution in [0.3, 0.4) is 0 Å². The van der Waals surface area contributed by atoms with Gasteiger partial charge in [-0.2, -0.15) is 11.8 Å². The van der Waals surface area contributed by atoms with Crippen LogP contribution in [-0.2, 0) is 30.2 Å². The molecule has 0 saturated carbocycles. The normalized spacial score (nSPS) is 32.6. The van der Waals surface area contributed by atoms with Crippen LogP contribution in [0.4, 0.5) is 0 Å². The molecule has 2 aliphatic heterocycles. The number of carbonyl (C=O) groups excluding carboxylic acids is 2. The molecule has 0 spiro atoms. The van der Waals surface area contributed by atoms with Crippen molar-refractivity contribution in [3.05, 3.63) is 29.8 Å². The molecule has 256 valence electrons. The van der Waals surface area contributed by atoms with Crippen molar-refractivity contribution in [2.75, 3.05) is 37.1 Å². The Bertz CT molecular complexity index is 1050. The average molecular weight is 682 g/mol. The van der Waals surface area contributed by atoms with Gasteiger partial charge in [-0.1, -0.05) is 30.8 Å². The molecule has 1 amide bonds. The van der Waals surface area contributed by atoms with Gasteiger partial charge in [-0.25, -0.2) is 0 Å². The van der Waals surface area contributed by atoms with E-state index in [-0.39, 0.29) is 29.8 Å². The van der Waals surface area contributed by atoms with Crippen LogP contribution in [0.2, 0.25) is 0 Å². The zero-order valence-electron chi connectivity index (χ0n) is 24.7. The number of aliphatic hydroxyl groups excluding tert-OH is 8. The van der Waals surface area contributed by atoms with E-state index in [9.17, 15) is 50.4 Å². The topological polar surface area (TPSA) is 245 Å². The molecule has 15 nitrogen and oxygen atoms in total. The second-order valence-corrected chi connectivity index (χ2v) is 12.9. The van der Waals surface area contributed by atoms with Gasteiger partial charge < -0.3 is 65.1 Å². The second kappa shape index (κ2) is 18.7. The molecule has 1 aromatic carbocycles. The summed E-state index contributed by atoms with van der Waals surface area (Å²) in [7, 11) is 0. The summed E-state index contributed by atoms with van der Waals surface area (Å²) in [5, 5.41) is 80.9. The molecule has 0 radical (unpaired) electrons. The first-order valence-corrected chi connectivity index (χ1v) is 16.7. The first-order chi connectivity index (χ1) is 21.5. The Morgan fingerprint density at radius 3 is 2.02 bits per heavy atom. The average Bonchev–Trinajstić information content (AvgIpc) is 3.03. The summed E-state index contributed by atoms with van der Waals surface area (Å²) in [6, 6.07) is 5.54. The molecule has 2 aliphatic rings. The molecule has 0 aliphatic carbocycles. The van der Waals surface area contributed by atoms with Gasteiger partial charge in [0.05, 0.1) is 26.2 Å². The minimum Gasteiger partial charge on any atom is -0.462 e. The van der Waals surface area contributed by atoms with Crippen LogP contribution in [-0.4, -0.2) is 156 Å². The molecule has 9 N–H and O–H groups in total. The van der Waals surface area contributed by atoms with E-state index in [4.69, 9.17) is 18.9 Å². The minimum absolute atomic E-state index is 0.0293. The molecule has 1 aromatic rings. The predicted octanol–water partition coefficient (Wildman–Crippen LogP) is -2.89. The number of hydrogen-bond donors (Lipinski definition) is 9. The fourth-order valence-corrected chi connectivity index (χ4v) is 6.29. The molecule has 5 unspecified atom stereocenters. The summed E-state index contributed by atoms with van der Waals surface area (Å²) in [5.74, 6) is 1.27. The van der Waals surface area contributed by atoms with Gasteiger partial charge in [0.1, 0.15) is 60.6 Å². The highest BCUT2D eigenvalue weighted by molar-refractivity contribution is 8.13. The zero-order chi connectivity index (χ0) is 33.1. The number of rotatable bonds is 16. The maximum absolute atomic E-state index is 12.8. The number of aliphatic hydroxyl groups is 8. The zero-order valence-corrected chi connectivity index (χ0v) is 26.3. The van der Waals surface area contributed by atoms with Crippen LogP contribution in [0.25, 0.3) is 0 Å². The van der Waals surface area contributed by atoms with Crippen molar-refractivity contribution < 1.29 is 69.4 Å². The summed E-state index contributed by atoms with van der Waals surface area (Å²) in [5.41, 5.74) is 0.612. The molecular weight excluding hydrogens is 638 g/mol. The van der Waals surface area contributed by atoms with E-state index < -0.39 is 80.7 Å². The highest BCUT2D eigenvalue weighted by Crippen LogP contribution is 2.25. The van der Waals surface area contributed by atoms with Gasteiger partial charge in [0, 0.05) is 5.75 Å². The summed E-state index contributed by atoms with van der Waals surface area (Å²) >= 11 is 2.52. The third-order valence-corrected chi connectivity index (χ3v) is 9.15. The van der Waals surface area contributed by atoms with Gasteiger partial charge in [-0.3, -0.25) is 9.59 Å². The standard InChI is InChI=1S/C28H43NO14S2/c1-2-45-26(39)16(13-44-9-3-8-40-27-24(37)22(35)20(33)17(11-30)42-27)29-19(32)10-14-4-6-15(7-5-14)41-28-25(38)23(36)21(34)18(12-31)43-28/h4-7,16-18,20-25,27-28,30-31,33-38H,2-3,8-13H2,1H3,(H,29,32)/t16-,17?,18+,20+,21+,22?,23?,24?,25?,27-,28-/m0/s1. The highest BCUT2D eigenvalue weighted by atomic mass is 32.2. The lowest BCUT2D eigenvalue weighted by atomic mass is 9.99. The van der Waals surface area contributed by atoms with Crippen molar-refractivity contribution in [3.63, 3.8) is 0 Å². The largest absolute Gasteiger partial charge is 0.462 e. The monoisotopic (exact) mass is 681 g/mol. The van der Waals surface area contributed by atoms with Crippen LogP contribution in [0.15, 0.2) is 24.3 Å².